The van der Waals surface area contributed by atoms with Gasteiger partial charge in [0.1, 0.15) is 5.82 Å². The van der Waals surface area contributed by atoms with Crippen LogP contribution in [0.1, 0.15) is 5.56 Å². The molecule has 0 aliphatic carbocycles. The minimum Gasteiger partial charge on any atom is -0.361 e. The second-order valence-corrected chi connectivity index (χ2v) is 5.77. The van der Waals surface area contributed by atoms with E-state index in [4.69, 9.17) is 0 Å². The molecule has 1 aromatic heterocycles. The van der Waals surface area contributed by atoms with Gasteiger partial charge in [-0.1, -0.05) is 23.5 Å². The zero-order valence-electron chi connectivity index (χ0n) is 11.5. The van der Waals surface area contributed by atoms with Gasteiger partial charge in [-0.05, 0) is 30.2 Å². The highest BCUT2D eigenvalue weighted by molar-refractivity contribution is 7.22. The Hall–Kier alpha value is -2.54. The maximum Gasteiger partial charge on any atom is 0.270 e. The van der Waals surface area contributed by atoms with E-state index in [0.29, 0.717) is 18.1 Å². The number of thiazole rings is 1. The first-order valence-electron chi connectivity index (χ1n) is 6.65. The van der Waals surface area contributed by atoms with Gasteiger partial charge in [0.2, 0.25) is 0 Å². The third kappa shape index (κ3) is 3.20. The van der Waals surface area contributed by atoms with Gasteiger partial charge < -0.3 is 5.32 Å². The summed E-state index contributed by atoms with van der Waals surface area (Å²) in [5.41, 5.74) is 1.69. The summed E-state index contributed by atoms with van der Waals surface area (Å²) < 4.78 is 13.8. The Kier molecular flexibility index (Phi) is 3.97. The third-order valence-corrected chi connectivity index (χ3v) is 4.14. The number of aromatic nitrogens is 1. The lowest BCUT2D eigenvalue weighted by atomic mass is 10.1. The SMILES string of the molecule is O=[N+]([O-])c1ccc2nc(NCCc3cccc(F)c3)sc2c1. The van der Waals surface area contributed by atoms with Gasteiger partial charge in [0.15, 0.2) is 5.13 Å². The summed E-state index contributed by atoms with van der Waals surface area (Å²) in [6.45, 7) is 0.616. The average Bonchev–Trinajstić information content (AvgIpc) is 2.89. The lowest BCUT2D eigenvalue weighted by molar-refractivity contribution is -0.384. The van der Waals surface area contributed by atoms with Crippen molar-refractivity contribution in [3.05, 3.63) is 64.0 Å². The Bertz CT molecular complexity index is 835. The Labute approximate surface area is 129 Å². The number of anilines is 1. The number of nitro groups is 1. The molecular formula is C15H12FN3O2S. The standard InChI is InChI=1S/C15H12FN3O2S/c16-11-3-1-2-10(8-11)6-7-17-15-18-13-5-4-12(19(20)21)9-14(13)22-15/h1-5,8-9H,6-7H2,(H,17,18). The van der Waals surface area contributed by atoms with Crippen molar-refractivity contribution in [1.82, 2.24) is 4.98 Å². The van der Waals surface area contributed by atoms with Crippen LogP contribution >= 0.6 is 11.3 Å². The number of nitrogens with zero attached hydrogens (tertiary/aromatic N) is 2. The Morgan fingerprint density at radius 3 is 2.91 bits per heavy atom. The van der Waals surface area contributed by atoms with Gasteiger partial charge in [-0.15, -0.1) is 0 Å². The fraction of sp³-hybridized carbons (Fsp3) is 0.133. The molecule has 0 spiro atoms. The van der Waals surface area contributed by atoms with Gasteiger partial charge in [-0.3, -0.25) is 10.1 Å². The van der Waals surface area contributed by atoms with Crippen molar-refractivity contribution in [2.24, 2.45) is 0 Å². The maximum atomic E-state index is 13.1. The van der Waals surface area contributed by atoms with Crippen molar-refractivity contribution in [1.29, 1.82) is 0 Å². The molecule has 22 heavy (non-hydrogen) atoms. The second-order valence-electron chi connectivity index (χ2n) is 4.73. The molecule has 0 saturated heterocycles. The van der Waals surface area contributed by atoms with Crippen LogP contribution in [0.2, 0.25) is 0 Å². The normalized spacial score (nSPS) is 10.8. The molecule has 7 heteroatoms. The summed E-state index contributed by atoms with van der Waals surface area (Å²) in [5.74, 6) is -0.246. The van der Waals surface area contributed by atoms with Crippen LogP contribution in [0.4, 0.5) is 15.2 Å². The maximum absolute atomic E-state index is 13.1. The zero-order valence-corrected chi connectivity index (χ0v) is 12.3. The van der Waals surface area contributed by atoms with Crippen LogP contribution in [-0.4, -0.2) is 16.5 Å². The van der Waals surface area contributed by atoms with Crippen LogP contribution in [0.3, 0.4) is 0 Å². The molecule has 1 heterocycles. The summed E-state index contributed by atoms with van der Waals surface area (Å²) in [6, 6.07) is 11.1. The fourth-order valence-corrected chi connectivity index (χ4v) is 3.03. The highest BCUT2D eigenvalue weighted by atomic mass is 32.1. The lowest BCUT2D eigenvalue weighted by Gasteiger charge is -2.02. The van der Waals surface area contributed by atoms with E-state index in [1.165, 1.54) is 35.6 Å². The largest absolute Gasteiger partial charge is 0.361 e. The first-order chi connectivity index (χ1) is 10.6. The number of non-ortho nitro benzene ring substituents is 1. The summed E-state index contributed by atoms with van der Waals surface area (Å²) in [4.78, 5) is 14.7. The number of nitrogens with one attached hydrogen (secondary N) is 1. The third-order valence-electron chi connectivity index (χ3n) is 3.16. The van der Waals surface area contributed by atoms with Gasteiger partial charge in [-0.25, -0.2) is 9.37 Å². The molecule has 0 unspecified atom stereocenters. The van der Waals surface area contributed by atoms with Crippen molar-refractivity contribution < 1.29 is 9.31 Å². The Morgan fingerprint density at radius 2 is 2.14 bits per heavy atom. The number of halogens is 1. The van der Waals surface area contributed by atoms with Gasteiger partial charge in [-0.2, -0.15) is 0 Å². The quantitative estimate of drug-likeness (QED) is 0.570. The number of nitro benzene ring substituents is 1. The number of benzene rings is 2. The molecule has 2 aromatic carbocycles. The van der Waals surface area contributed by atoms with E-state index >= 15 is 0 Å². The molecule has 3 aromatic rings. The van der Waals surface area contributed by atoms with E-state index in [-0.39, 0.29) is 11.5 Å². The van der Waals surface area contributed by atoms with Crippen molar-refractivity contribution in [2.75, 3.05) is 11.9 Å². The van der Waals surface area contributed by atoms with Crippen LogP contribution in [0.15, 0.2) is 42.5 Å². The van der Waals surface area contributed by atoms with Crippen LogP contribution in [0, 0.1) is 15.9 Å². The van der Waals surface area contributed by atoms with Gasteiger partial charge in [0.25, 0.3) is 5.69 Å². The van der Waals surface area contributed by atoms with Gasteiger partial charge in [0, 0.05) is 18.7 Å². The predicted molar refractivity (Wildman–Crippen MR) is 84.9 cm³/mol. The molecule has 0 aliphatic rings. The molecule has 0 saturated carbocycles. The number of fused-ring (bicyclic) bond motifs is 1. The lowest BCUT2D eigenvalue weighted by Crippen LogP contribution is -2.04. The molecule has 0 atom stereocenters. The van der Waals surface area contributed by atoms with Crippen LogP contribution in [0.25, 0.3) is 10.2 Å². The molecule has 3 rings (SSSR count). The molecule has 0 radical (unpaired) electrons. The van der Waals surface area contributed by atoms with E-state index in [9.17, 15) is 14.5 Å². The first-order valence-corrected chi connectivity index (χ1v) is 7.47. The Balaban J connectivity index is 1.68. The van der Waals surface area contributed by atoms with E-state index in [1.54, 1.807) is 12.1 Å². The van der Waals surface area contributed by atoms with Crippen LogP contribution in [-0.2, 0) is 6.42 Å². The molecule has 5 nitrogen and oxygen atoms in total. The van der Waals surface area contributed by atoms with E-state index in [1.807, 2.05) is 6.07 Å². The molecule has 112 valence electrons. The molecule has 0 aliphatic heterocycles. The van der Waals surface area contributed by atoms with E-state index in [2.05, 4.69) is 10.3 Å². The molecule has 0 fully saturated rings. The monoisotopic (exact) mass is 317 g/mol. The summed E-state index contributed by atoms with van der Waals surface area (Å²) in [6.07, 6.45) is 0.674. The Morgan fingerprint density at radius 1 is 1.27 bits per heavy atom. The summed E-state index contributed by atoms with van der Waals surface area (Å²) in [7, 11) is 0. The highest BCUT2D eigenvalue weighted by Gasteiger charge is 2.10. The van der Waals surface area contributed by atoms with E-state index < -0.39 is 4.92 Å². The first kappa shape index (κ1) is 14.4. The average molecular weight is 317 g/mol. The second kappa shape index (κ2) is 6.07. The zero-order chi connectivity index (χ0) is 15.5. The molecular weight excluding hydrogens is 305 g/mol. The minimum atomic E-state index is -0.420. The minimum absolute atomic E-state index is 0.0578. The topological polar surface area (TPSA) is 68.1 Å². The number of hydrogen-bond acceptors (Lipinski definition) is 5. The van der Waals surface area contributed by atoms with Crippen molar-refractivity contribution in [2.45, 2.75) is 6.42 Å². The summed E-state index contributed by atoms with van der Waals surface area (Å²) >= 11 is 1.37. The molecule has 1 N–H and O–H groups in total. The van der Waals surface area contributed by atoms with Crippen LogP contribution < -0.4 is 5.32 Å². The number of hydrogen-bond donors (Lipinski definition) is 1. The van der Waals surface area contributed by atoms with Crippen molar-refractivity contribution in [3.8, 4) is 0 Å². The van der Waals surface area contributed by atoms with E-state index in [0.717, 1.165) is 15.8 Å². The van der Waals surface area contributed by atoms with Crippen molar-refractivity contribution >= 4 is 32.4 Å². The molecule has 0 amide bonds. The van der Waals surface area contributed by atoms with Crippen LogP contribution in [0.5, 0.6) is 0 Å². The van der Waals surface area contributed by atoms with Gasteiger partial charge >= 0.3 is 0 Å². The highest BCUT2D eigenvalue weighted by Crippen LogP contribution is 2.29. The molecule has 0 bridgehead atoms. The van der Waals surface area contributed by atoms with Crippen molar-refractivity contribution in [3.63, 3.8) is 0 Å². The number of rotatable bonds is 5. The smallest absolute Gasteiger partial charge is 0.270 e. The fourth-order valence-electron chi connectivity index (χ4n) is 2.11. The van der Waals surface area contributed by atoms with Gasteiger partial charge in [0.05, 0.1) is 15.1 Å². The summed E-state index contributed by atoms with van der Waals surface area (Å²) in [5, 5.41) is 14.6. The predicted octanol–water partition coefficient (Wildman–Crippen LogP) is 4.00.